The zero-order valence-corrected chi connectivity index (χ0v) is 16.9. The van der Waals surface area contributed by atoms with Crippen molar-refractivity contribution < 1.29 is 23.2 Å². The third kappa shape index (κ3) is 5.46. The molecular weight excluding hydrogens is 389 g/mol. The molecule has 1 aliphatic rings. The second-order valence-corrected chi connectivity index (χ2v) is 7.44. The van der Waals surface area contributed by atoms with E-state index in [0.29, 0.717) is 50.0 Å². The van der Waals surface area contributed by atoms with E-state index in [4.69, 9.17) is 4.42 Å². The number of nitrogens with one attached hydrogen (secondary N) is 2. The van der Waals surface area contributed by atoms with Crippen LogP contribution in [0.5, 0.6) is 0 Å². The van der Waals surface area contributed by atoms with Crippen LogP contribution in [0.25, 0.3) is 0 Å². The van der Waals surface area contributed by atoms with Crippen molar-refractivity contribution in [2.24, 2.45) is 5.92 Å². The Kier molecular flexibility index (Phi) is 7.21. The van der Waals surface area contributed by atoms with Gasteiger partial charge >= 0.3 is 0 Å². The van der Waals surface area contributed by atoms with Crippen LogP contribution in [0.15, 0.2) is 47.3 Å². The van der Waals surface area contributed by atoms with Gasteiger partial charge in [-0.05, 0) is 43.9 Å². The highest BCUT2D eigenvalue weighted by molar-refractivity contribution is 5.97. The van der Waals surface area contributed by atoms with Crippen LogP contribution in [0.1, 0.15) is 35.7 Å². The van der Waals surface area contributed by atoms with Crippen LogP contribution in [0.4, 0.5) is 4.39 Å². The van der Waals surface area contributed by atoms with E-state index < -0.39 is 6.04 Å². The summed E-state index contributed by atoms with van der Waals surface area (Å²) < 4.78 is 18.5. The third-order valence-corrected chi connectivity index (χ3v) is 5.33. The van der Waals surface area contributed by atoms with E-state index >= 15 is 0 Å². The molecule has 7 nitrogen and oxygen atoms in total. The summed E-state index contributed by atoms with van der Waals surface area (Å²) in [7, 11) is 0. The number of carbonyl (C=O) groups is 3. The second-order valence-electron chi connectivity index (χ2n) is 7.44. The van der Waals surface area contributed by atoms with Crippen LogP contribution >= 0.6 is 0 Å². The first-order valence-corrected chi connectivity index (χ1v) is 10.1. The molecule has 30 heavy (non-hydrogen) atoms. The van der Waals surface area contributed by atoms with E-state index in [1.807, 2.05) is 0 Å². The van der Waals surface area contributed by atoms with Crippen molar-refractivity contribution in [1.29, 1.82) is 0 Å². The maximum atomic E-state index is 13.6. The predicted octanol–water partition coefficient (Wildman–Crippen LogP) is 2.13. The van der Waals surface area contributed by atoms with E-state index in [9.17, 15) is 18.8 Å². The molecule has 1 aromatic heterocycles. The number of rotatable bonds is 7. The molecule has 2 aromatic rings. The lowest BCUT2D eigenvalue weighted by atomic mass is 9.95. The molecule has 0 bridgehead atoms. The first-order valence-electron chi connectivity index (χ1n) is 10.1. The van der Waals surface area contributed by atoms with Gasteiger partial charge in [-0.3, -0.25) is 14.4 Å². The lowest BCUT2D eigenvalue weighted by molar-refractivity contribution is -0.136. The molecule has 0 aliphatic carbocycles. The van der Waals surface area contributed by atoms with Gasteiger partial charge in [0.05, 0.1) is 11.8 Å². The van der Waals surface area contributed by atoms with E-state index in [2.05, 4.69) is 10.6 Å². The Hall–Kier alpha value is -3.16. The number of hydrogen-bond donors (Lipinski definition) is 2. The highest BCUT2D eigenvalue weighted by Crippen LogP contribution is 2.18. The first kappa shape index (κ1) is 21.5. The van der Waals surface area contributed by atoms with Crippen LogP contribution in [-0.4, -0.2) is 48.3 Å². The summed E-state index contributed by atoms with van der Waals surface area (Å²) in [6.07, 6.45) is 4.26. The molecule has 1 fully saturated rings. The molecule has 2 N–H and O–H groups in total. The van der Waals surface area contributed by atoms with E-state index in [0.717, 1.165) is 0 Å². The molecule has 1 aliphatic heterocycles. The first-order chi connectivity index (χ1) is 14.5. The Labute approximate surface area is 174 Å². The Morgan fingerprint density at radius 2 is 1.93 bits per heavy atom. The van der Waals surface area contributed by atoms with Gasteiger partial charge in [-0.25, -0.2) is 4.39 Å². The third-order valence-electron chi connectivity index (χ3n) is 5.33. The lowest BCUT2D eigenvalue weighted by Crippen LogP contribution is -2.50. The summed E-state index contributed by atoms with van der Waals surface area (Å²) in [4.78, 5) is 38.7. The Bertz CT molecular complexity index is 876. The fourth-order valence-electron chi connectivity index (χ4n) is 3.54. The molecular formula is C22H26FN3O4. The molecule has 0 spiro atoms. The number of piperidine rings is 1. The number of benzene rings is 1. The zero-order valence-electron chi connectivity index (χ0n) is 16.9. The maximum absolute atomic E-state index is 13.6. The van der Waals surface area contributed by atoms with Gasteiger partial charge in [0, 0.05) is 25.6 Å². The molecule has 3 rings (SSSR count). The summed E-state index contributed by atoms with van der Waals surface area (Å²) in [5.41, 5.74) is 0.935. The van der Waals surface area contributed by atoms with Crippen LogP contribution < -0.4 is 10.6 Å². The van der Waals surface area contributed by atoms with Crippen molar-refractivity contribution in [3.05, 3.63) is 59.8 Å². The second kappa shape index (κ2) is 10.0. The molecule has 0 saturated carbocycles. The van der Waals surface area contributed by atoms with Gasteiger partial charge in [-0.1, -0.05) is 18.2 Å². The smallest absolute Gasteiger partial charge is 0.255 e. The summed E-state index contributed by atoms with van der Waals surface area (Å²) in [5, 5.41) is 5.52. The minimum absolute atomic E-state index is 0.0697. The summed E-state index contributed by atoms with van der Waals surface area (Å²) in [5.74, 6) is -1.06. The van der Waals surface area contributed by atoms with Gasteiger partial charge in [0.25, 0.3) is 5.91 Å². The number of halogens is 1. The molecule has 2 heterocycles. The SMILES string of the molecule is CC(NC(=O)c1ccoc1)C(=O)N1CCC(C(=O)NCCc2ccccc2F)CC1. The topological polar surface area (TPSA) is 91.7 Å². The fourth-order valence-corrected chi connectivity index (χ4v) is 3.54. The summed E-state index contributed by atoms with van der Waals surface area (Å²) in [6, 6.07) is 7.38. The van der Waals surface area contributed by atoms with Gasteiger partial charge in [-0.15, -0.1) is 0 Å². The molecule has 1 saturated heterocycles. The van der Waals surface area contributed by atoms with Crippen molar-refractivity contribution in [2.75, 3.05) is 19.6 Å². The van der Waals surface area contributed by atoms with Crippen LogP contribution in [0, 0.1) is 11.7 Å². The van der Waals surface area contributed by atoms with Gasteiger partial charge in [-0.2, -0.15) is 0 Å². The summed E-state index contributed by atoms with van der Waals surface area (Å²) in [6.45, 7) is 2.92. The molecule has 1 atom stereocenters. The minimum Gasteiger partial charge on any atom is -0.472 e. The highest BCUT2D eigenvalue weighted by atomic mass is 19.1. The average Bonchev–Trinajstić information content (AvgIpc) is 3.29. The predicted molar refractivity (Wildman–Crippen MR) is 108 cm³/mol. The van der Waals surface area contributed by atoms with Crippen LogP contribution in [0.3, 0.4) is 0 Å². The lowest BCUT2D eigenvalue weighted by Gasteiger charge is -2.33. The fraction of sp³-hybridized carbons (Fsp3) is 0.409. The van der Waals surface area contributed by atoms with Crippen molar-refractivity contribution >= 4 is 17.7 Å². The van der Waals surface area contributed by atoms with E-state index in [1.54, 1.807) is 30.0 Å². The van der Waals surface area contributed by atoms with Gasteiger partial charge in [0.15, 0.2) is 0 Å². The maximum Gasteiger partial charge on any atom is 0.255 e. The number of furan rings is 1. The largest absolute Gasteiger partial charge is 0.472 e. The monoisotopic (exact) mass is 415 g/mol. The molecule has 1 aromatic carbocycles. The standard InChI is InChI=1S/C22H26FN3O4/c1-15(25-21(28)18-9-13-30-14-18)22(29)26-11-7-17(8-12-26)20(27)24-10-6-16-4-2-3-5-19(16)23/h2-5,9,13-15,17H,6-8,10-12H2,1H3,(H,24,27)(H,25,28). The molecule has 8 heteroatoms. The number of nitrogens with zero attached hydrogens (tertiary/aromatic N) is 1. The van der Waals surface area contributed by atoms with E-state index in [1.165, 1.54) is 24.7 Å². The number of amides is 3. The van der Waals surface area contributed by atoms with Crippen molar-refractivity contribution in [3.8, 4) is 0 Å². The number of carbonyl (C=O) groups excluding carboxylic acids is 3. The number of likely N-dealkylation sites (tertiary alicyclic amines) is 1. The zero-order chi connectivity index (χ0) is 21.5. The van der Waals surface area contributed by atoms with Crippen molar-refractivity contribution in [2.45, 2.75) is 32.2 Å². The van der Waals surface area contributed by atoms with Gasteiger partial charge in [0.2, 0.25) is 11.8 Å². The molecule has 3 amide bonds. The normalized spacial score (nSPS) is 15.5. The minimum atomic E-state index is -0.668. The number of hydrogen-bond acceptors (Lipinski definition) is 4. The van der Waals surface area contributed by atoms with Gasteiger partial charge in [0.1, 0.15) is 18.1 Å². The van der Waals surface area contributed by atoms with E-state index in [-0.39, 0.29) is 29.5 Å². The van der Waals surface area contributed by atoms with Crippen LogP contribution in [0.2, 0.25) is 0 Å². The van der Waals surface area contributed by atoms with Crippen LogP contribution in [-0.2, 0) is 16.0 Å². The molecule has 0 radical (unpaired) electrons. The highest BCUT2D eigenvalue weighted by Gasteiger charge is 2.30. The Morgan fingerprint density at radius 1 is 1.20 bits per heavy atom. The average molecular weight is 415 g/mol. The van der Waals surface area contributed by atoms with Gasteiger partial charge < -0.3 is 20.0 Å². The Morgan fingerprint density at radius 3 is 2.60 bits per heavy atom. The molecule has 1 unspecified atom stereocenters. The Balaban J connectivity index is 1.40. The van der Waals surface area contributed by atoms with Crippen molar-refractivity contribution in [1.82, 2.24) is 15.5 Å². The van der Waals surface area contributed by atoms with Crippen molar-refractivity contribution in [3.63, 3.8) is 0 Å². The quantitative estimate of drug-likeness (QED) is 0.725. The molecule has 160 valence electrons. The summed E-state index contributed by atoms with van der Waals surface area (Å²) >= 11 is 0.